The lowest BCUT2D eigenvalue weighted by atomic mass is 9.94. The fraction of sp³-hybridized carbons (Fsp3) is 0.600. The van der Waals surface area contributed by atoms with Gasteiger partial charge in [-0.2, -0.15) is 5.26 Å². The molecule has 78 valence electrons. The van der Waals surface area contributed by atoms with Crippen LogP contribution in [0.4, 0.5) is 0 Å². The summed E-state index contributed by atoms with van der Waals surface area (Å²) < 4.78 is 0. The zero-order valence-electron chi connectivity index (χ0n) is 8.66. The Labute approximate surface area is 84.4 Å². The van der Waals surface area contributed by atoms with E-state index >= 15 is 0 Å². The number of rotatable bonds is 5. The van der Waals surface area contributed by atoms with Crippen molar-refractivity contribution in [3.05, 3.63) is 12.7 Å². The van der Waals surface area contributed by atoms with Crippen molar-refractivity contribution in [1.29, 1.82) is 5.26 Å². The average Bonchev–Trinajstić information content (AvgIpc) is 2.16. The Kier molecular flexibility index (Phi) is 4.89. The number of hydrogen-bond donors (Lipinski definition) is 1. The molecule has 0 aromatic rings. The number of amides is 1. The third-order valence-corrected chi connectivity index (χ3v) is 1.82. The van der Waals surface area contributed by atoms with Gasteiger partial charge in [-0.3, -0.25) is 4.79 Å². The molecule has 0 aromatic carbocycles. The van der Waals surface area contributed by atoms with E-state index in [1.165, 1.54) is 4.90 Å². The van der Waals surface area contributed by atoms with E-state index in [1.807, 2.05) is 6.07 Å². The SMILES string of the molecule is C=CCN(CCO)C(=O)C(C)(C)C#N. The molecule has 0 rings (SSSR count). The Hall–Kier alpha value is -1.34. The van der Waals surface area contributed by atoms with E-state index < -0.39 is 5.41 Å². The molecule has 0 bridgehead atoms. The maximum Gasteiger partial charge on any atom is 0.242 e. The summed E-state index contributed by atoms with van der Waals surface area (Å²) in [5.41, 5.74) is -1.04. The van der Waals surface area contributed by atoms with E-state index in [2.05, 4.69) is 6.58 Å². The van der Waals surface area contributed by atoms with Gasteiger partial charge in [0.1, 0.15) is 5.41 Å². The van der Waals surface area contributed by atoms with Crippen molar-refractivity contribution in [3.8, 4) is 6.07 Å². The van der Waals surface area contributed by atoms with E-state index in [-0.39, 0.29) is 19.1 Å². The predicted octanol–water partition coefficient (Wildman–Crippen LogP) is 0.543. The largest absolute Gasteiger partial charge is 0.395 e. The van der Waals surface area contributed by atoms with Crippen molar-refractivity contribution < 1.29 is 9.90 Å². The van der Waals surface area contributed by atoms with E-state index in [0.717, 1.165) is 0 Å². The summed E-state index contributed by atoms with van der Waals surface area (Å²) in [4.78, 5) is 13.1. The summed E-state index contributed by atoms with van der Waals surface area (Å²) in [6.07, 6.45) is 1.57. The monoisotopic (exact) mass is 196 g/mol. The molecule has 1 N–H and O–H groups in total. The quantitative estimate of drug-likeness (QED) is 0.653. The van der Waals surface area contributed by atoms with Gasteiger partial charge in [-0.05, 0) is 13.8 Å². The van der Waals surface area contributed by atoms with Gasteiger partial charge in [-0.15, -0.1) is 6.58 Å². The Bertz CT molecular complexity index is 253. The second kappa shape index (κ2) is 5.40. The molecule has 4 nitrogen and oxygen atoms in total. The molecule has 0 fully saturated rings. The molecular formula is C10H16N2O2. The van der Waals surface area contributed by atoms with Crippen LogP contribution in [-0.2, 0) is 4.79 Å². The summed E-state index contributed by atoms with van der Waals surface area (Å²) >= 11 is 0. The molecule has 0 aliphatic heterocycles. The van der Waals surface area contributed by atoms with Crippen LogP contribution in [0.25, 0.3) is 0 Å². The maximum atomic E-state index is 11.7. The first-order valence-corrected chi connectivity index (χ1v) is 4.42. The van der Waals surface area contributed by atoms with Crippen LogP contribution in [0.3, 0.4) is 0 Å². The van der Waals surface area contributed by atoms with Gasteiger partial charge >= 0.3 is 0 Å². The normalized spacial score (nSPS) is 10.4. The van der Waals surface area contributed by atoms with Crippen LogP contribution in [0, 0.1) is 16.7 Å². The summed E-state index contributed by atoms with van der Waals surface area (Å²) in [5, 5.41) is 17.5. The molecular weight excluding hydrogens is 180 g/mol. The molecule has 0 spiro atoms. The van der Waals surface area contributed by atoms with E-state index in [0.29, 0.717) is 6.54 Å². The van der Waals surface area contributed by atoms with Crippen molar-refractivity contribution >= 4 is 5.91 Å². The van der Waals surface area contributed by atoms with Crippen molar-refractivity contribution in [1.82, 2.24) is 4.90 Å². The minimum absolute atomic E-state index is 0.110. The van der Waals surface area contributed by atoms with Gasteiger partial charge in [0.2, 0.25) is 5.91 Å². The number of nitrogens with zero attached hydrogens (tertiary/aromatic N) is 2. The lowest BCUT2D eigenvalue weighted by molar-refractivity contribution is -0.137. The molecule has 0 radical (unpaired) electrons. The van der Waals surface area contributed by atoms with Crippen LogP contribution in [0.15, 0.2) is 12.7 Å². The number of aliphatic hydroxyl groups excluding tert-OH is 1. The second-order valence-electron chi connectivity index (χ2n) is 3.50. The minimum Gasteiger partial charge on any atom is -0.395 e. The second-order valence-corrected chi connectivity index (χ2v) is 3.50. The van der Waals surface area contributed by atoms with Crippen molar-refractivity contribution in [2.24, 2.45) is 5.41 Å². The number of hydrogen-bond acceptors (Lipinski definition) is 3. The Morgan fingerprint density at radius 3 is 2.64 bits per heavy atom. The molecule has 0 unspecified atom stereocenters. The third kappa shape index (κ3) is 3.19. The topological polar surface area (TPSA) is 64.3 Å². The van der Waals surface area contributed by atoms with Crippen LogP contribution in [-0.4, -0.2) is 35.6 Å². The molecule has 0 heterocycles. The molecule has 1 amide bonds. The van der Waals surface area contributed by atoms with Gasteiger partial charge in [0.15, 0.2) is 0 Å². The zero-order valence-corrected chi connectivity index (χ0v) is 8.66. The first-order valence-electron chi connectivity index (χ1n) is 4.42. The molecule has 0 aliphatic carbocycles. The number of nitriles is 1. The zero-order chi connectivity index (χ0) is 11.2. The smallest absolute Gasteiger partial charge is 0.242 e. The van der Waals surface area contributed by atoms with Gasteiger partial charge in [-0.25, -0.2) is 0 Å². The molecule has 0 aliphatic rings. The van der Waals surface area contributed by atoms with Crippen molar-refractivity contribution in [3.63, 3.8) is 0 Å². The summed E-state index contributed by atoms with van der Waals surface area (Å²) in [6, 6.07) is 1.93. The van der Waals surface area contributed by atoms with Gasteiger partial charge < -0.3 is 10.0 Å². The van der Waals surface area contributed by atoms with Gasteiger partial charge in [0, 0.05) is 13.1 Å². The van der Waals surface area contributed by atoms with E-state index in [4.69, 9.17) is 10.4 Å². The summed E-state index contributed by atoms with van der Waals surface area (Å²) in [7, 11) is 0. The molecule has 14 heavy (non-hydrogen) atoms. The summed E-state index contributed by atoms with van der Waals surface area (Å²) in [5.74, 6) is -0.283. The van der Waals surface area contributed by atoms with Gasteiger partial charge in [0.25, 0.3) is 0 Å². The molecule has 4 heteroatoms. The highest BCUT2D eigenvalue weighted by atomic mass is 16.3. The molecule has 0 saturated carbocycles. The predicted molar refractivity (Wildman–Crippen MR) is 53.3 cm³/mol. The average molecular weight is 196 g/mol. The standard InChI is InChI=1S/C10H16N2O2/c1-4-5-12(6-7-13)9(14)10(2,3)8-11/h4,13H,1,5-7H2,2-3H3. The van der Waals surface area contributed by atoms with Crippen LogP contribution in [0.2, 0.25) is 0 Å². The van der Waals surface area contributed by atoms with Crippen molar-refractivity contribution in [2.75, 3.05) is 19.7 Å². The van der Waals surface area contributed by atoms with Crippen molar-refractivity contribution in [2.45, 2.75) is 13.8 Å². The number of carbonyl (C=O) groups is 1. The highest BCUT2D eigenvalue weighted by molar-refractivity contribution is 5.84. The lowest BCUT2D eigenvalue weighted by Crippen LogP contribution is -2.41. The van der Waals surface area contributed by atoms with Gasteiger partial charge in [0.05, 0.1) is 12.7 Å². The van der Waals surface area contributed by atoms with Crippen LogP contribution < -0.4 is 0 Å². The van der Waals surface area contributed by atoms with Crippen LogP contribution >= 0.6 is 0 Å². The first-order chi connectivity index (χ1) is 6.49. The Balaban J connectivity index is 4.59. The lowest BCUT2D eigenvalue weighted by Gasteiger charge is -2.26. The Morgan fingerprint density at radius 1 is 1.71 bits per heavy atom. The molecule has 0 saturated heterocycles. The number of aliphatic hydroxyl groups is 1. The minimum atomic E-state index is -1.04. The van der Waals surface area contributed by atoms with E-state index in [1.54, 1.807) is 19.9 Å². The maximum absolute atomic E-state index is 11.7. The van der Waals surface area contributed by atoms with E-state index in [9.17, 15) is 4.79 Å². The third-order valence-electron chi connectivity index (χ3n) is 1.82. The highest BCUT2D eigenvalue weighted by Gasteiger charge is 2.31. The van der Waals surface area contributed by atoms with Crippen LogP contribution in [0.5, 0.6) is 0 Å². The summed E-state index contributed by atoms with van der Waals surface area (Å²) in [6.45, 7) is 7.11. The van der Waals surface area contributed by atoms with Gasteiger partial charge in [-0.1, -0.05) is 6.08 Å². The molecule has 0 aromatic heterocycles. The first kappa shape index (κ1) is 12.7. The number of carbonyl (C=O) groups excluding carboxylic acids is 1. The van der Waals surface area contributed by atoms with Crippen LogP contribution in [0.1, 0.15) is 13.8 Å². The molecule has 0 atom stereocenters. The highest BCUT2D eigenvalue weighted by Crippen LogP contribution is 2.17. The Morgan fingerprint density at radius 2 is 2.29 bits per heavy atom. The fourth-order valence-electron chi connectivity index (χ4n) is 0.995. The fourth-order valence-corrected chi connectivity index (χ4v) is 0.995.